The van der Waals surface area contributed by atoms with Gasteiger partial charge < -0.3 is 9.84 Å². The number of esters is 1. The average molecular weight is 267 g/mol. The molecule has 0 aromatic heterocycles. The molecule has 2 N–H and O–H groups in total. The number of rotatable bonds is 8. The molecule has 0 aliphatic carbocycles. The molecular formula is C9H17NO6S. The number of nitrogens with one attached hydrogen (secondary N) is 1. The topological polar surface area (TPSA) is 110 Å². The smallest absolute Gasteiger partial charge is 0.309 e. The maximum absolute atomic E-state index is 11.4. The molecule has 0 aliphatic rings. The molecule has 0 saturated carbocycles. The molecule has 17 heavy (non-hydrogen) atoms. The number of ether oxygens (including phenoxy) is 1. The molecule has 0 aromatic rings. The van der Waals surface area contributed by atoms with Crippen molar-refractivity contribution < 1.29 is 27.9 Å². The Morgan fingerprint density at radius 3 is 2.47 bits per heavy atom. The summed E-state index contributed by atoms with van der Waals surface area (Å²) in [6.07, 6.45) is 0.107. The first-order valence-corrected chi connectivity index (χ1v) is 6.70. The quantitative estimate of drug-likeness (QED) is 0.456. The molecule has 0 rings (SSSR count). The maximum atomic E-state index is 11.4. The van der Waals surface area contributed by atoms with Crippen LogP contribution in [0, 0.1) is 5.92 Å². The Morgan fingerprint density at radius 2 is 2.00 bits per heavy atom. The molecule has 100 valence electrons. The standard InChI is InChI=1S/C9H17NO6S/c1-7(9(13)16-2)6-17(14,15)10-5-3-4-8(11)12/h7,10H,3-6H2,1-2H3,(H,11,12). The van der Waals surface area contributed by atoms with E-state index in [2.05, 4.69) is 9.46 Å². The normalized spacial score (nSPS) is 13.1. The fourth-order valence-corrected chi connectivity index (χ4v) is 2.49. The number of carbonyl (C=O) groups excluding carboxylic acids is 1. The van der Waals surface area contributed by atoms with Gasteiger partial charge in [-0.2, -0.15) is 0 Å². The van der Waals surface area contributed by atoms with Gasteiger partial charge >= 0.3 is 11.9 Å². The van der Waals surface area contributed by atoms with Crippen molar-refractivity contribution in [2.45, 2.75) is 19.8 Å². The molecular weight excluding hydrogens is 250 g/mol. The summed E-state index contributed by atoms with van der Waals surface area (Å²) < 4.78 is 29.5. The molecule has 0 radical (unpaired) electrons. The van der Waals surface area contributed by atoms with E-state index >= 15 is 0 Å². The van der Waals surface area contributed by atoms with Crippen molar-refractivity contribution in [1.82, 2.24) is 4.72 Å². The SMILES string of the molecule is COC(=O)C(C)CS(=O)(=O)NCCCC(=O)O. The molecule has 7 nitrogen and oxygen atoms in total. The van der Waals surface area contributed by atoms with E-state index in [0.717, 1.165) is 0 Å². The lowest BCUT2D eigenvalue weighted by Gasteiger charge is -2.10. The second-order valence-corrected chi connectivity index (χ2v) is 5.45. The molecule has 0 heterocycles. The monoisotopic (exact) mass is 267 g/mol. The number of aliphatic carboxylic acids is 1. The van der Waals surface area contributed by atoms with E-state index < -0.39 is 27.9 Å². The first-order valence-electron chi connectivity index (χ1n) is 5.05. The summed E-state index contributed by atoms with van der Waals surface area (Å²) >= 11 is 0. The highest BCUT2D eigenvalue weighted by Crippen LogP contribution is 2.02. The summed E-state index contributed by atoms with van der Waals surface area (Å²) in [4.78, 5) is 21.2. The zero-order chi connectivity index (χ0) is 13.5. The third kappa shape index (κ3) is 7.70. The van der Waals surface area contributed by atoms with Crippen molar-refractivity contribution in [1.29, 1.82) is 0 Å². The summed E-state index contributed by atoms with van der Waals surface area (Å²) in [6.45, 7) is 1.49. The first-order chi connectivity index (χ1) is 7.78. The van der Waals surface area contributed by atoms with Gasteiger partial charge in [-0.25, -0.2) is 13.1 Å². The summed E-state index contributed by atoms with van der Waals surface area (Å²) in [5, 5.41) is 8.35. The van der Waals surface area contributed by atoms with Crippen LogP contribution in [0.15, 0.2) is 0 Å². The van der Waals surface area contributed by atoms with Crippen LogP contribution in [0.3, 0.4) is 0 Å². The van der Waals surface area contributed by atoms with Crippen LogP contribution < -0.4 is 4.72 Å². The molecule has 0 amide bonds. The van der Waals surface area contributed by atoms with Crippen LogP contribution in [-0.4, -0.2) is 44.9 Å². The van der Waals surface area contributed by atoms with Gasteiger partial charge in [0.1, 0.15) is 0 Å². The van der Waals surface area contributed by atoms with Crippen molar-refractivity contribution in [2.24, 2.45) is 5.92 Å². The minimum atomic E-state index is -3.58. The van der Waals surface area contributed by atoms with E-state index in [9.17, 15) is 18.0 Å². The summed E-state index contributed by atoms with van der Waals surface area (Å²) in [5.41, 5.74) is 0. The van der Waals surface area contributed by atoms with Crippen molar-refractivity contribution in [3.63, 3.8) is 0 Å². The number of carboxylic acids is 1. The van der Waals surface area contributed by atoms with E-state index in [1.54, 1.807) is 0 Å². The van der Waals surface area contributed by atoms with Crippen LogP contribution in [0.5, 0.6) is 0 Å². The fourth-order valence-electron chi connectivity index (χ4n) is 1.12. The highest BCUT2D eigenvalue weighted by Gasteiger charge is 2.21. The highest BCUT2D eigenvalue weighted by molar-refractivity contribution is 7.89. The average Bonchev–Trinajstić information content (AvgIpc) is 2.22. The maximum Gasteiger partial charge on any atom is 0.309 e. The predicted octanol–water partition coefficient (Wildman–Crippen LogP) is -0.420. The second kappa shape index (κ2) is 7.23. The third-order valence-electron chi connectivity index (χ3n) is 1.96. The van der Waals surface area contributed by atoms with Crippen LogP contribution in [0.2, 0.25) is 0 Å². The minimum absolute atomic E-state index is 0.0442. The lowest BCUT2D eigenvalue weighted by Crippen LogP contribution is -2.32. The van der Waals surface area contributed by atoms with Gasteiger partial charge in [0.25, 0.3) is 0 Å². The van der Waals surface area contributed by atoms with Gasteiger partial charge in [-0.05, 0) is 6.42 Å². The number of carbonyl (C=O) groups is 2. The number of sulfonamides is 1. The Morgan fingerprint density at radius 1 is 1.41 bits per heavy atom. The molecule has 0 spiro atoms. The molecule has 0 bridgehead atoms. The lowest BCUT2D eigenvalue weighted by molar-refractivity contribution is -0.144. The molecule has 0 aromatic carbocycles. The van der Waals surface area contributed by atoms with E-state index in [1.165, 1.54) is 14.0 Å². The molecule has 1 atom stereocenters. The Kier molecular flexibility index (Phi) is 6.74. The summed E-state index contributed by atoms with van der Waals surface area (Å²) in [5.74, 6) is -2.70. The van der Waals surface area contributed by atoms with Crippen LogP contribution in [0.1, 0.15) is 19.8 Å². The number of hydrogen-bond donors (Lipinski definition) is 2. The zero-order valence-corrected chi connectivity index (χ0v) is 10.6. The largest absolute Gasteiger partial charge is 0.481 e. The summed E-state index contributed by atoms with van der Waals surface area (Å²) in [6, 6.07) is 0. The van der Waals surface area contributed by atoms with Crippen molar-refractivity contribution >= 4 is 22.0 Å². The lowest BCUT2D eigenvalue weighted by atomic mass is 10.2. The van der Waals surface area contributed by atoms with E-state index in [-0.39, 0.29) is 25.1 Å². The first kappa shape index (κ1) is 15.9. The van der Waals surface area contributed by atoms with Gasteiger partial charge in [0, 0.05) is 13.0 Å². The van der Waals surface area contributed by atoms with Gasteiger partial charge in [-0.15, -0.1) is 0 Å². The molecule has 0 fully saturated rings. The third-order valence-corrected chi connectivity index (χ3v) is 3.55. The molecule has 8 heteroatoms. The van der Waals surface area contributed by atoms with Crippen molar-refractivity contribution in [3.05, 3.63) is 0 Å². The molecule has 1 unspecified atom stereocenters. The molecule has 0 aliphatic heterocycles. The van der Waals surface area contributed by atoms with Crippen LogP contribution in [0.4, 0.5) is 0 Å². The van der Waals surface area contributed by atoms with Gasteiger partial charge in [0.05, 0.1) is 18.8 Å². The number of hydrogen-bond acceptors (Lipinski definition) is 5. The van der Waals surface area contributed by atoms with Crippen molar-refractivity contribution in [2.75, 3.05) is 19.4 Å². The zero-order valence-electron chi connectivity index (χ0n) is 9.80. The second-order valence-electron chi connectivity index (χ2n) is 3.60. The fraction of sp³-hybridized carbons (Fsp3) is 0.778. The van der Waals surface area contributed by atoms with Crippen LogP contribution in [0.25, 0.3) is 0 Å². The Hall–Kier alpha value is -1.15. The summed E-state index contributed by atoms with van der Waals surface area (Å²) in [7, 11) is -2.39. The Balaban J connectivity index is 4.04. The highest BCUT2D eigenvalue weighted by atomic mass is 32.2. The number of carboxylic acid groups (broad SMARTS) is 1. The van der Waals surface area contributed by atoms with E-state index in [0.29, 0.717) is 0 Å². The van der Waals surface area contributed by atoms with Gasteiger partial charge in [-0.1, -0.05) is 6.92 Å². The number of methoxy groups -OCH3 is 1. The van der Waals surface area contributed by atoms with E-state index in [1.807, 2.05) is 0 Å². The minimum Gasteiger partial charge on any atom is -0.481 e. The van der Waals surface area contributed by atoms with Gasteiger partial charge in [0.15, 0.2) is 0 Å². The van der Waals surface area contributed by atoms with Gasteiger partial charge in [0.2, 0.25) is 10.0 Å². The van der Waals surface area contributed by atoms with Crippen LogP contribution >= 0.6 is 0 Å². The van der Waals surface area contributed by atoms with Crippen LogP contribution in [-0.2, 0) is 24.3 Å². The predicted molar refractivity (Wildman–Crippen MR) is 59.8 cm³/mol. The van der Waals surface area contributed by atoms with E-state index in [4.69, 9.17) is 5.11 Å². The van der Waals surface area contributed by atoms with Gasteiger partial charge in [-0.3, -0.25) is 9.59 Å². The molecule has 0 saturated heterocycles. The Labute approximate surface area is 100 Å². The van der Waals surface area contributed by atoms with Crippen molar-refractivity contribution in [3.8, 4) is 0 Å². The Bertz CT molecular complexity index is 364.